The Morgan fingerprint density at radius 2 is 2.30 bits per heavy atom. The lowest BCUT2D eigenvalue weighted by Crippen LogP contribution is -2.28. The molecule has 1 unspecified atom stereocenters. The summed E-state index contributed by atoms with van der Waals surface area (Å²) in [6.45, 7) is 0.165. The number of fused-ring (bicyclic) bond motifs is 3. The maximum Gasteiger partial charge on any atom is 0.264 e. The Morgan fingerprint density at radius 1 is 1.52 bits per heavy atom. The SMILES string of the molecule is CS(=O)(=O)OCC1Cn2cc([C]=O)nc2-c2cc(Br)ccc2O1. The molecule has 1 radical (unpaired) electrons. The van der Waals surface area contributed by atoms with Crippen molar-refractivity contribution in [1.29, 1.82) is 0 Å². The van der Waals surface area contributed by atoms with Gasteiger partial charge in [0.2, 0.25) is 0 Å². The van der Waals surface area contributed by atoms with Gasteiger partial charge in [-0.2, -0.15) is 8.42 Å². The molecule has 0 N–H and O–H groups in total. The lowest BCUT2D eigenvalue weighted by atomic mass is 10.2. The zero-order valence-corrected chi connectivity index (χ0v) is 14.4. The van der Waals surface area contributed by atoms with Crippen LogP contribution in [0.3, 0.4) is 0 Å². The second-order valence-corrected chi connectivity index (χ2v) is 7.63. The zero-order valence-electron chi connectivity index (χ0n) is 12.0. The number of benzene rings is 1. The number of nitrogens with zero attached hydrogens (tertiary/aromatic N) is 2. The summed E-state index contributed by atoms with van der Waals surface area (Å²) >= 11 is 3.39. The highest BCUT2D eigenvalue weighted by atomic mass is 79.9. The largest absolute Gasteiger partial charge is 0.485 e. The van der Waals surface area contributed by atoms with Crippen molar-refractivity contribution < 1.29 is 22.1 Å². The highest BCUT2D eigenvalue weighted by Gasteiger charge is 2.25. The molecular formula is C14H12BrN2O5S. The molecule has 0 bridgehead atoms. The number of ether oxygens (including phenoxy) is 1. The Morgan fingerprint density at radius 3 is 3.00 bits per heavy atom. The molecule has 2 heterocycles. The smallest absolute Gasteiger partial charge is 0.264 e. The summed E-state index contributed by atoms with van der Waals surface area (Å²) in [4.78, 5) is 15.1. The van der Waals surface area contributed by atoms with Crippen LogP contribution in [0.15, 0.2) is 28.9 Å². The van der Waals surface area contributed by atoms with E-state index in [4.69, 9.17) is 8.92 Å². The summed E-state index contributed by atoms with van der Waals surface area (Å²) < 4.78 is 35.6. The molecule has 2 aromatic rings. The van der Waals surface area contributed by atoms with E-state index < -0.39 is 16.2 Å². The van der Waals surface area contributed by atoms with Crippen LogP contribution in [0.25, 0.3) is 11.4 Å². The lowest BCUT2D eigenvalue weighted by molar-refractivity contribution is 0.121. The Hall–Kier alpha value is -1.71. The van der Waals surface area contributed by atoms with Crippen molar-refractivity contribution in [3.63, 3.8) is 0 Å². The summed E-state index contributed by atoms with van der Waals surface area (Å²) in [5.41, 5.74) is 0.873. The van der Waals surface area contributed by atoms with Crippen LogP contribution in [-0.4, -0.2) is 43.2 Å². The summed E-state index contributed by atoms with van der Waals surface area (Å²) in [5, 5.41) is 0. The summed E-state index contributed by atoms with van der Waals surface area (Å²) in [7, 11) is -3.57. The van der Waals surface area contributed by atoms with Crippen molar-refractivity contribution in [1.82, 2.24) is 9.55 Å². The van der Waals surface area contributed by atoms with E-state index in [1.165, 1.54) is 0 Å². The Labute approximate surface area is 141 Å². The second kappa shape index (κ2) is 6.06. The van der Waals surface area contributed by atoms with Crippen LogP contribution >= 0.6 is 15.9 Å². The molecule has 9 heteroatoms. The van der Waals surface area contributed by atoms with Crippen LogP contribution in [0.5, 0.6) is 5.75 Å². The van der Waals surface area contributed by atoms with E-state index in [1.54, 1.807) is 29.2 Å². The molecule has 0 fully saturated rings. The standard InChI is InChI=1S/C14H12BrN2O5S/c1-23(19,20)21-8-11-6-17-5-10(7-18)16-14(17)12-4-9(15)2-3-13(12)22-11/h2-5,11H,6,8H2,1H3. The number of rotatable bonds is 4. The van der Waals surface area contributed by atoms with Crippen LogP contribution in [-0.2, 0) is 25.6 Å². The lowest BCUT2D eigenvalue weighted by Gasteiger charge is -2.17. The minimum absolute atomic E-state index is 0.133. The second-order valence-electron chi connectivity index (χ2n) is 5.07. The van der Waals surface area contributed by atoms with Crippen LogP contribution in [0, 0.1) is 0 Å². The molecule has 0 saturated heterocycles. The molecule has 1 aliphatic rings. The maximum atomic E-state index is 11.2. The molecule has 0 aliphatic carbocycles. The number of halogens is 1. The van der Waals surface area contributed by atoms with Crippen molar-refractivity contribution in [3.05, 3.63) is 34.6 Å². The molecule has 121 valence electrons. The highest BCUT2D eigenvalue weighted by Crippen LogP contribution is 2.35. The van der Waals surface area contributed by atoms with Crippen molar-refractivity contribution in [2.75, 3.05) is 12.9 Å². The van der Waals surface area contributed by atoms with E-state index in [9.17, 15) is 13.2 Å². The molecule has 23 heavy (non-hydrogen) atoms. The fourth-order valence-corrected chi connectivity index (χ4v) is 3.08. The predicted molar refractivity (Wildman–Crippen MR) is 85.4 cm³/mol. The van der Waals surface area contributed by atoms with E-state index in [2.05, 4.69) is 20.9 Å². The fraction of sp³-hybridized carbons (Fsp3) is 0.286. The van der Waals surface area contributed by atoms with Gasteiger partial charge in [-0.3, -0.25) is 8.98 Å². The van der Waals surface area contributed by atoms with Crippen LogP contribution < -0.4 is 4.74 Å². The minimum atomic E-state index is -3.57. The fourth-order valence-electron chi connectivity index (χ4n) is 2.32. The van der Waals surface area contributed by atoms with Gasteiger partial charge < -0.3 is 9.30 Å². The van der Waals surface area contributed by atoms with Crippen LogP contribution in [0.4, 0.5) is 0 Å². The van der Waals surface area contributed by atoms with Gasteiger partial charge in [0.05, 0.1) is 18.4 Å². The Bertz CT molecular complexity index is 862. The normalized spacial score (nSPS) is 16.9. The van der Waals surface area contributed by atoms with Gasteiger partial charge in [-0.1, -0.05) is 15.9 Å². The van der Waals surface area contributed by atoms with Gasteiger partial charge in [0.15, 0.2) is 0 Å². The predicted octanol–water partition coefficient (Wildman–Crippen LogP) is 1.51. The van der Waals surface area contributed by atoms with Crippen molar-refractivity contribution >= 4 is 32.3 Å². The zero-order chi connectivity index (χ0) is 16.6. The molecule has 0 spiro atoms. The third-order valence-electron chi connectivity index (χ3n) is 3.23. The van der Waals surface area contributed by atoms with E-state index in [0.29, 0.717) is 23.7 Å². The van der Waals surface area contributed by atoms with E-state index in [-0.39, 0.29) is 12.3 Å². The molecule has 3 rings (SSSR count). The van der Waals surface area contributed by atoms with Crippen molar-refractivity contribution in [2.45, 2.75) is 12.6 Å². The number of imidazole rings is 1. The van der Waals surface area contributed by atoms with Crippen molar-refractivity contribution in [3.8, 4) is 17.1 Å². The highest BCUT2D eigenvalue weighted by molar-refractivity contribution is 9.10. The van der Waals surface area contributed by atoms with Crippen LogP contribution in [0.1, 0.15) is 5.69 Å². The van der Waals surface area contributed by atoms with Gasteiger partial charge in [0.25, 0.3) is 16.4 Å². The van der Waals surface area contributed by atoms with E-state index in [1.807, 2.05) is 6.07 Å². The monoisotopic (exact) mass is 399 g/mol. The average Bonchev–Trinajstić information content (AvgIpc) is 2.82. The molecular weight excluding hydrogens is 388 g/mol. The number of hydrogen-bond acceptors (Lipinski definition) is 6. The average molecular weight is 400 g/mol. The van der Waals surface area contributed by atoms with Gasteiger partial charge in [-0.15, -0.1) is 0 Å². The van der Waals surface area contributed by atoms with Gasteiger partial charge in [-0.05, 0) is 18.2 Å². The quantitative estimate of drug-likeness (QED) is 0.724. The first-order valence-corrected chi connectivity index (χ1v) is 9.23. The number of hydrogen-bond donors (Lipinski definition) is 0. The maximum absolute atomic E-state index is 11.2. The first-order valence-electron chi connectivity index (χ1n) is 6.62. The number of carbonyl (C=O) groups excluding carboxylic acids is 1. The van der Waals surface area contributed by atoms with Crippen LogP contribution in [0.2, 0.25) is 0 Å². The first kappa shape index (κ1) is 16.2. The molecule has 7 nitrogen and oxygen atoms in total. The molecule has 1 atom stereocenters. The molecule has 1 aliphatic heterocycles. The van der Waals surface area contributed by atoms with Gasteiger partial charge in [-0.25, -0.2) is 4.98 Å². The summed E-state index contributed by atoms with van der Waals surface area (Å²) in [6, 6.07) is 5.38. The van der Waals surface area contributed by atoms with E-state index in [0.717, 1.165) is 10.7 Å². The number of aromatic nitrogens is 2. The molecule has 0 saturated carbocycles. The van der Waals surface area contributed by atoms with E-state index >= 15 is 0 Å². The third-order valence-corrected chi connectivity index (χ3v) is 4.28. The van der Waals surface area contributed by atoms with Gasteiger partial charge >= 0.3 is 0 Å². The summed E-state index contributed by atoms with van der Waals surface area (Å²) in [5.74, 6) is 1.10. The topological polar surface area (TPSA) is 87.5 Å². The van der Waals surface area contributed by atoms with Gasteiger partial charge in [0, 0.05) is 10.7 Å². The summed E-state index contributed by atoms with van der Waals surface area (Å²) in [6.07, 6.45) is 3.75. The third kappa shape index (κ3) is 3.62. The minimum Gasteiger partial charge on any atom is -0.485 e. The Kier molecular flexibility index (Phi) is 4.26. The molecule has 1 aromatic heterocycles. The first-order chi connectivity index (χ1) is 10.9. The van der Waals surface area contributed by atoms with Gasteiger partial charge in [0.1, 0.15) is 30.0 Å². The molecule has 1 aromatic carbocycles. The Balaban J connectivity index is 2.02. The van der Waals surface area contributed by atoms with Crippen molar-refractivity contribution in [2.24, 2.45) is 0 Å². The molecule has 0 amide bonds.